The van der Waals surface area contributed by atoms with Gasteiger partial charge in [-0.25, -0.2) is 10.2 Å². The summed E-state index contributed by atoms with van der Waals surface area (Å²) >= 11 is 0. The lowest BCUT2D eigenvalue weighted by Gasteiger charge is -2.23. The van der Waals surface area contributed by atoms with Crippen molar-refractivity contribution < 1.29 is 9.18 Å². The summed E-state index contributed by atoms with van der Waals surface area (Å²) in [5.41, 5.74) is 3.04. The van der Waals surface area contributed by atoms with Crippen LogP contribution in [0.25, 0.3) is 0 Å². The highest BCUT2D eigenvalue weighted by Gasteiger charge is 2.29. The van der Waals surface area contributed by atoms with Gasteiger partial charge in [0.1, 0.15) is 5.82 Å². The first-order chi connectivity index (χ1) is 10.0. The average Bonchev–Trinajstić information content (AvgIpc) is 3.28. The Bertz CT molecular complexity index is 500. The molecule has 0 atom stereocenters. The van der Waals surface area contributed by atoms with Crippen molar-refractivity contribution in [3.05, 3.63) is 35.1 Å². The molecule has 1 amide bonds. The minimum absolute atomic E-state index is 0.265. The lowest BCUT2D eigenvalue weighted by Crippen LogP contribution is -2.31. The van der Waals surface area contributed by atoms with Crippen molar-refractivity contribution in [1.29, 1.82) is 0 Å². The van der Waals surface area contributed by atoms with Gasteiger partial charge >= 0.3 is 0 Å². The SMILES string of the molecule is CC(C)CCN(Cc1cc(C(=O)NN)ccc1F)C1CC1. The van der Waals surface area contributed by atoms with Crippen molar-refractivity contribution in [2.45, 2.75) is 45.7 Å². The van der Waals surface area contributed by atoms with Gasteiger partial charge in [-0.2, -0.15) is 0 Å². The zero-order chi connectivity index (χ0) is 15.4. The van der Waals surface area contributed by atoms with Crippen LogP contribution in [0, 0.1) is 11.7 Å². The van der Waals surface area contributed by atoms with E-state index < -0.39 is 5.91 Å². The number of hydrazine groups is 1. The molecule has 0 bridgehead atoms. The van der Waals surface area contributed by atoms with Gasteiger partial charge in [0, 0.05) is 23.7 Å². The molecule has 4 nitrogen and oxygen atoms in total. The van der Waals surface area contributed by atoms with Gasteiger partial charge in [0.25, 0.3) is 5.91 Å². The number of nitrogens with two attached hydrogens (primary N) is 1. The summed E-state index contributed by atoms with van der Waals surface area (Å²) in [6, 6.07) is 4.96. The van der Waals surface area contributed by atoms with Crippen LogP contribution in [0.3, 0.4) is 0 Å². The number of nitrogens with one attached hydrogen (secondary N) is 1. The van der Waals surface area contributed by atoms with Gasteiger partial charge in [0.15, 0.2) is 0 Å². The molecule has 1 fully saturated rings. The van der Waals surface area contributed by atoms with Gasteiger partial charge in [-0.15, -0.1) is 0 Å². The van der Waals surface area contributed by atoms with Gasteiger partial charge in [0.2, 0.25) is 0 Å². The fraction of sp³-hybridized carbons (Fsp3) is 0.562. The number of hydrogen-bond acceptors (Lipinski definition) is 3. The number of amides is 1. The van der Waals surface area contributed by atoms with E-state index in [1.54, 1.807) is 6.07 Å². The average molecular weight is 293 g/mol. The smallest absolute Gasteiger partial charge is 0.265 e. The molecule has 0 saturated heterocycles. The van der Waals surface area contributed by atoms with E-state index in [0.717, 1.165) is 13.0 Å². The Morgan fingerprint density at radius 3 is 2.76 bits per heavy atom. The number of carbonyl (C=O) groups excluding carboxylic acids is 1. The summed E-state index contributed by atoms with van der Waals surface area (Å²) in [6.07, 6.45) is 3.46. The number of benzene rings is 1. The van der Waals surface area contributed by atoms with Crippen LogP contribution in [-0.2, 0) is 6.54 Å². The molecule has 1 aliphatic carbocycles. The van der Waals surface area contributed by atoms with Gasteiger partial charge in [0.05, 0.1) is 0 Å². The van der Waals surface area contributed by atoms with Crippen molar-refractivity contribution in [3.8, 4) is 0 Å². The Morgan fingerprint density at radius 2 is 2.19 bits per heavy atom. The molecule has 1 saturated carbocycles. The molecule has 0 aliphatic heterocycles. The minimum atomic E-state index is -0.392. The number of carbonyl (C=O) groups is 1. The maximum atomic E-state index is 14.0. The van der Waals surface area contributed by atoms with E-state index >= 15 is 0 Å². The summed E-state index contributed by atoms with van der Waals surface area (Å²) in [4.78, 5) is 13.9. The molecular weight excluding hydrogens is 269 g/mol. The second kappa shape index (κ2) is 7.00. The monoisotopic (exact) mass is 293 g/mol. The Balaban J connectivity index is 2.10. The normalized spacial score (nSPS) is 14.8. The van der Waals surface area contributed by atoms with E-state index in [0.29, 0.717) is 29.6 Å². The molecule has 0 radical (unpaired) electrons. The lowest BCUT2D eigenvalue weighted by molar-refractivity contribution is 0.0953. The van der Waals surface area contributed by atoms with Crippen LogP contribution in [0.5, 0.6) is 0 Å². The molecule has 21 heavy (non-hydrogen) atoms. The van der Waals surface area contributed by atoms with Crippen molar-refractivity contribution in [2.75, 3.05) is 6.54 Å². The Kier molecular flexibility index (Phi) is 5.31. The van der Waals surface area contributed by atoms with Crippen molar-refractivity contribution in [3.63, 3.8) is 0 Å². The van der Waals surface area contributed by atoms with Gasteiger partial charge < -0.3 is 0 Å². The number of hydrogen-bond donors (Lipinski definition) is 2. The van der Waals surface area contributed by atoms with E-state index in [1.165, 1.54) is 25.0 Å². The van der Waals surface area contributed by atoms with Crippen LogP contribution in [0.2, 0.25) is 0 Å². The third kappa shape index (κ3) is 4.51. The van der Waals surface area contributed by atoms with E-state index in [9.17, 15) is 9.18 Å². The molecule has 5 heteroatoms. The predicted octanol–water partition coefficient (Wildman–Crippen LogP) is 2.44. The third-order valence-corrected chi connectivity index (χ3v) is 3.87. The molecule has 1 aliphatic rings. The lowest BCUT2D eigenvalue weighted by atomic mass is 10.1. The number of nitrogen functional groups attached to an aromatic ring is 1. The Labute approximate surface area is 125 Å². The molecule has 0 unspecified atom stereocenters. The van der Waals surface area contributed by atoms with Crippen LogP contribution in [0.4, 0.5) is 4.39 Å². The number of rotatable bonds is 7. The summed E-state index contributed by atoms with van der Waals surface area (Å²) < 4.78 is 14.0. The quantitative estimate of drug-likeness (QED) is 0.461. The van der Waals surface area contributed by atoms with Crippen molar-refractivity contribution in [1.82, 2.24) is 10.3 Å². The highest BCUT2D eigenvalue weighted by molar-refractivity contribution is 5.93. The molecule has 0 spiro atoms. The fourth-order valence-corrected chi connectivity index (χ4v) is 2.39. The first-order valence-electron chi connectivity index (χ1n) is 7.54. The first kappa shape index (κ1) is 15.9. The molecule has 0 aromatic heterocycles. The maximum Gasteiger partial charge on any atom is 0.265 e. The van der Waals surface area contributed by atoms with Crippen LogP contribution in [0.15, 0.2) is 18.2 Å². The highest BCUT2D eigenvalue weighted by atomic mass is 19.1. The standard InChI is InChI=1S/C16H24FN3O/c1-11(2)7-8-20(14-4-5-14)10-13-9-12(16(21)19-18)3-6-15(13)17/h3,6,9,11,14H,4-5,7-8,10,18H2,1-2H3,(H,19,21). The van der Waals surface area contributed by atoms with Crippen molar-refractivity contribution >= 4 is 5.91 Å². The summed E-state index contributed by atoms with van der Waals surface area (Å²) in [6.45, 7) is 5.90. The Morgan fingerprint density at radius 1 is 1.48 bits per heavy atom. The third-order valence-electron chi connectivity index (χ3n) is 3.87. The second-order valence-corrected chi connectivity index (χ2v) is 6.16. The van der Waals surface area contributed by atoms with E-state index in [1.807, 2.05) is 0 Å². The van der Waals surface area contributed by atoms with Crippen molar-refractivity contribution in [2.24, 2.45) is 11.8 Å². The minimum Gasteiger partial charge on any atom is -0.296 e. The summed E-state index contributed by atoms with van der Waals surface area (Å²) in [7, 11) is 0. The molecule has 1 aromatic rings. The topological polar surface area (TPSA) is 58.4 Å². The van der Waals surface area contributed by atoms with Crippen LogP contribution >= 0.6 is 0 Å². The fourth-order valence-electron chi connectivity index (χ4n) is 2.39. The van der Waals surface area contributed by atoms with Gasteiger partial charge in [-0.1, -0.05) is 13.8 Å². The first-order valence-corrected chi connectivity index (χ1v) is 7.54. The summed E-state index contributed by atoms with van der Waals surface area (Å²) in [5.74, 6) is 5.10. The zero-order valence-corrected chi connectivity index (χ0v) is 12.7. The van der Waals surface area contributed by atoms with Crippen LogP contribution < -0.4 is 11.3 Å². The van der Waals surface area contributed by atoms with Crippen LogP contribution in [-0.4, -0.2) is 23.4 Å². The van der Waals surface area contributed by atoms with Gasteiger partial charge in [-0.3, -0.25) is 15.1 Å². The van der Waals surface area contributed by atoms with E-state index in [-0.39, 0.29) is 5.82 Å². The molecule has 0 heterocycles. The molecule has 3 N–H and O–H groups in total. The molecular formula is C16H24FN3O. The highest BCUT2D eigenvalue weighted by Crippen LogP contribution is 2.29. The maximum absolute atomic E-state index is 14.0. The largest absolute Gasteiger partial charge is 0.296 e. The molecule has 116 valence electrons. The zero-order valence-electron chi connectivity index (χ0n) is 12.7. The van der Waals surface area contributed by atoms with E-state index in [2.05, 4.69) is 24.2 Å². The van der Waals surface area contributed by atoms with E-state index in [4.69, 9.17) is 5.84 Å². The summed E-state index contributed by atoms with van der Waals surface area (Å²) in [5, 5.41) is 0. The van der Waals surface area contributed by atoms with Crippen LogP contribution in [0.1, 0.15) is 49.0 Å². The number of nitrogens with zero attached hydrogens (tertiary/aromatic N) is 1. The second-order valence-electron chi connectivity index (χ2n) is 6.16. The number of halogens is 1. The molecule has 2 rings (SSSR count). The predicted molar refractivity (Wildman–Crippen MR) is 80.9 cm³/mol. The Hall–Kier alpha value is -1.46. The van der Waals surface area contributed by atoms with Gasteiger partial charge in [-0.05, 0) is 49.9 Å². The molecule has 1 aromatic carbocycles.